The lowest BCUT2D eigenvalue weighted by molar-refractivity contribution is -0.124. The molecule has 19 heavy (non-hydrogen) atoms. The van der Waals surface area contributed by atoms with E-state index >= 15 is 0 Å². The van der Waals surface area contributed by atoms with Crippen LogP contribution in [0.15, 0.2) is 18.2 Å². The molecule has 0 radical (unpaired) electrons. The number of Topliss-reactive ketones (excluding diaryl/α,β-unsaturated/α-hetero) is 1. The molecule has 0 atom stereocenters. The number of amides is 1. The highest BCUT2D eigenvalue weighted by Crippen LogP contribution is 2.37. The van der Waals surface area contributed by atoms with Gasteiger partial charge in [0.15, 0.2) is 6.61 Å². The van der Waals surface area contributed by atoms with Gasteiger partial charge >= 0.3 is 0 Å². The number of carbonyl (C=O) groups excluding carboxylic acids is 2. The molecule has 0 unspecified atom stereocenters. The summed E-state index contributed by atoms with van der Waals surface area (Å²) in [6.07, 6.45) is 2.54. The molecule has 5 heteroatoms. The van der Waals surface area contributed by atoms with Crippen molar-refractivity contribution in [1.82, 2.24) is 0 Å². The number of nitrogens with zero attached hydrogens (tertiary/aromatic N) is 1. The average Bonchev–Trinajstić information content (AvgIpc) is 2.40. The minimum Gasteiger partial charge on any atom is -0.482 e. The van der Waals surface area contributed by atoms with Gasteiger partial charge in [0.1, 0.15) is 11.5 Å². The Morgan fingerprint density at radius 3 is 2.68 bits per heavy atom. The normalized spacial score (nSPS) is 20.1. The van der Waals surface area contributed by atoms with Crippen molar-refractivity contribution in [3.8, 4) is 5.75 Å². The standard InChI is InChI=1S/C14H16N2O3/c15-9-1-6-13-12(7-9)16(14(18)8-19-13)10-2-4-11(17)5-3-10/h1,6-7,10H,2-5,8,15H2. The number of benzene rings is 1. The third-order valence-corrected chi connectivity index (χ3v) is 3.74. The van der Waals surface area contributed by atoms with E-state index in [4.69, 9.17) is 10.5 Å². The van der Waals surface area contributed by atoms with Gasteiger partial charge in [-0.2, -0.15) is 0 Å². The fraction of sp³-hybridized carbons (Fsp3) is 0.429. The van der Waals surface area contributed by atoms with Crippen molar-refractivity contribution < 1.29 is 14.3 Å². The molecule has 3 rings (SSSR count). The molecular formula is C14H16N2O3. The smallest absolute Gasteiger partial charge is 0.265 e. The zero-order valence-corrected chi connectivity index (χ0v) is 10.6. The van der Waals surface area contributed by atoms with Gasteiger partial charge in [-0.25, -0.2) is 0 Å². The minimum absolute atomic E-state index is 0.0569. The number of nitrogens with two attached hydrogens (primary N) is 1. The van der Waals surface area contributed by atoms with Crippen LogP contribution in [0.2, 0.25) is 0 Å². The molecule has 0 aromatic heterocycles. The maximum atomic E-state index is 12.1. The fourth-order valence-corrected chi connectivity index (χ4v) is 2.77. The molecule has 100 valence electrons. The zero-order valence-electron chi connectivity index (χ0n) is 10.6. The fourth-order valence-electron chi connectivity index (χ4n) is 2.77. The quantitative estimate of drug-likeness (QED) is 0.777. The molecule has 0 saturated heterocycles. The van der Waals surface area contributed by atoms with Crippen molar-refractivity contribution in [2.75, 3.05) is 17.2 Å². The maximum Gasteiger partial charge on any atom is 0.265 e. The van der Waals surface area contributed by atoms with Gasteiger partial charge in [-0.1, -0.05) is 0 Å². The van der Waals surface area contributed by atoms with E-state index in [0.29, 0.717) is 24.3 Å². The van der Waals surface area contributed by atoms with Crippen molar-refractivity contribution >= 4 is 23.1 Å². The zero-order chi connectivity index (χ0) is 13.4. The van der Waals surface area contributed by atoms with Gasteiger partial charge in [-0.05, 0) is 31.0 Å². The molecule has 0 spiro atoms. The van der Waals surface area contributed by atoms with E-state index in [1.165, 1.54) is 0 Å². The lowest BCUT2D eigenvalue weighted by Gasteiger charge is -2.37. The highest BCUT2D eigenvalue weighted by molar-refractivity contribution is 5.99. The second kappa shape index (κ2) is 4.57. The van der Waals surface area contributed by atoms with Gasteiger partial charge in [0, 0.05) is 24.6 Å². The summed E-state index contributed by atoms with van der Waals surface area (Å²) in [7, 11) is 0. The first-order chi connectivity index (χ1) is 9.15. The topological polar surface area (TPSA) is 72.6 Å². The number of ether oxygens (including phenoxy) is 1. The Kier molecular flexibility index (Phi) is 2.89. The van der Waals surface area contributed by atoms with E-state index < -0.39 is 0 Å². The molecule has 1 fully saturated rings. The largest absolute Gasteiger partial charge is 0.482 e. The van der Waals surface area contributed by atoms with Crippen molar-refractivity contribution in [3.05, 3.63) is 18.2 Å². The number of nitrogen functional groups attached to an aromatic ring is 1. The van der Waals surface area contributed by atoms with Gasteiger partial charge in [-0.15, -0.1) is 0 Å². The summed E-state index contributed by atoms with van der Waals surface area (Å²) >= 11 is 0. The lowest BCUT2D eigenvalue weighted by atomic mass is 9.92. The van der Waals surface area contributed by atoms with Crippen LogP contribution in [-0.2, 0) is 9.59 Å². The molecule has 2 N–H and O–H groups in total. The third-order valence-electron chi connectivity index (χ3n) is 3.74. The first kappa shape index (κ1) is 12.0. The SMILES string of the molecule is Nc1ccc2c(c1)N(C1CCC(=O)CC1)C(=O)CO2. The van der Waals surface area contributed by atoms with Gasteiger partial charge in [0.2, 0.25) is 0 Å². The summed E-state index contributed by atoms with van der Waals surface area (Å²) in [5.74, 6) is 0.910. The third kappa shape index (κ3) is 2.16. The minimum atomic E-state index is -0.0579. The van der Waals surface area contributed by atoms with Crippen molar-refractivity contribution in [1.29, 1.82) is 0 Å². The van der Waals surface area contributed by atoms with E-state index in [9.17, 15) is 9.59 Å². The van der Waals surface area contributed by atoms with E-state index in [-0.39, 0.29) is 24.3 Å². The second-order valence-corrected chi connectivity index (χ2v) is 5.05. The molecule has 1 aliphatic heterocycles. The summed E-state index contributed by atoms with van der Waals surface area (Å²) in [5, 5.41) is 0. The molecule has 0 bridgehead atoms. The first-order valence-electron chi connectivity index (χ1n) is 6.51. The molecule has 5 nitrogen and oxygen atoms in total. The molecule has 1 amide bonds. The molecule has 1 heterocycles. The Morgan fingerprint density at radius 1 is 1.21 bits per heavy atom. The molecule has 1 aromatic rings. The summed E-state index contributed by atoms with van der Waals surface area (Å²) in [5.41, 5.74) is 7.13. The van der Waals surface area contributed by atoms with Crippen molar-refractivity contribution in [2.45, 2.75) is 31.7 Å². The Bertz CT molecular complexity index is 531. The van der Waals surface area contributed by atoms with Crippen LogP contribution in [-0.4, -0.2) is 24.3 Å². The van der Waals surface area contributed by atoms with E-state index in [1.807, 2.05) is 0 Å². The number of anilines is 2. The van der Waals surface area contributed by atoms with E-state index in [1.54, 1.807) is 23.1 Å². The summed E-state index contributed by atoms with van der Waals surface area (Å²) < 4.78 is 5.42. The van der Waals surface area contributed by atoms with Crippen molar-refractivity contribution in [3.63, 3.8) is 0 Å². The molecule has 1 aromatic carbocycles. The number of ketones is 1. The number of hydrogen-bond donors (Lipinski definition) is 1. The van der Waals surface area contributed by atoms with Gasteiger partial charge < -0.3 is 15.4 Å². The van der Waals surface area contributed by atoms with E-state index in [2.05, 4.69) is 0 Å². The van der Waals surface area contributed by atoms with Crippen LogP contribution in [0.25, 0.3) is 0 Å². The summed E-state index contributed by atoms with van der Waals surface area (Å²) in [6, 6.07) is 5.40. The lowest BCUT2D eigenvalue weighted by Crippen LogP contribution is -2.47. The number of hydrogen-bond acceptors (Lipinski definition) is 4. The van der Waals surface area contributed by atoms with Crippen LogP contribution in [0.4, 0.5) is 11.4 Å². The summed E-state index contributed by atoms with van der Waals surface area (Å²) in [6.45, 7) is 0.0569. The van der Waals surface area contributed by atoms with Crippen LogP contribution in [0.1, 0.15) is 25.7 Å². The predicted molar refractivity (Wildman–Crippen MR) is 71.1 cm³/mol. The first-order valence-corrected chi connectivity index (χ1v) is 6.51. The van der Waals surface area contributed by atoms with Crippen LogP contribution >= 0.6 is 0 Å². The number of rotatable bonds is 1. The Labute approximate surface area is 111 Å². The van der Waals surface area contributed by atoms with Gasteiger partial charge in [0.25, 0.3) is 5.91 Å². The highest BCUT2D eigenvalue weighted by Gasteiger charge is 2.33. The number of fused-ring (bicyclic) bond motifs is 1. The Balaban J connectivity index is 1.94. The average molecular weight is 260 g/mol. The highest BCUT2D eigenvalue weighted by atomic mass is 16.5. The molecule has 2 aliphatic rings. The Hall–Kier alpha value is -2.04. The molecular weight excluding hydrogens is 244 g/mol. The molecule has 1 aliphatic carbocycles. The van der Waals surface area contributed by atoms with Gasteiger partial charge in [-0.3, -0.25) is 9.59 Å². The van der Waals surface area contributed by atoms with Crippen LogP contribution in [0, 0.1) is 0 Å². The molecule has 1 saturated carbocycles. The number of carbonyl (C=O) groups is 2. The predicted octanol–water partition coefficient (Wildman–Crippen LogP) is 1.51. The van der Waals surface area contributed by atoms with Gasteiger partial charge in [0.05, 0.1) is 5.69 Å². The summed E-state index contributed by atoms with van der Waals surface area (Å²) in [4.78, 5) is 25.2. The van der Waals surface area contributed by atoms with Crippen LogP contribution < -0.4 is 15.4 Å². The second-order valence-electron chi connectivity index (χ2n) is 5.05. The van der Waals surface area contributed by atoms with Crippen LogP contribution in [0.5, 0.6) is 5.75 Å². The maximum absolute atomic E-state index is 12.1. The van der Waals surface area contributed by atoms with Crippen molar-refractivity contribution in [2.24, 2.45) is 0 Å². The Morgan fingerprint density at radius 2 is 1.95 bits per heavy atom. The van der Waals surface area contributed by atoms with Crippen LogP contribution in [0.3, 0.4) is 0 Å². The van der Waals surface area contributed by atoms with E-state index in [0.717, 1.165) is 18.5 Å². The monoisotopic (exact) mass is 260 g/mol.